The molecule has 2 amide bonds. The minimum atomic E-state index is -0.465. The number of nitrogens with one attached hydrogen (secondary N) is 1. The van der Waals surface area contributed by atoms with Crippen molar-refractivity contribution in [1.29, 1.82) is 0 Å². The van der Waals surface area contributed by atoms with Gasteiger partial charge in [-0.05, 0) is 50.5 Å². The Morgan fingerprint density at radius 3 is 2.48 bits per heavy atom. The van der Waals surface area contributed by atoms with Crippen LogP contribution in [-0.2, 0) is 14.3 Å². The fraction of sp³-hybridized carbons (Fsp3) is 0.500. The van der Waals surface area contributed by atoms with Crippen LogP contribution in [0.15, 0.2) is 30.6 Å². The van der Waals surface area contributed by atoms with Crippen molar-refractivity contribution in [2.75, 3.05) is 36.1 Å². The smallest absolute Gasteiger partial charge is 0.407 e. The molecule has 0 bridgehead atoms. The maximum absolute atomic E-state index is 12.4. The number of rotatable bonds is 4. The second kappa shape index (κ2) is 9.74. The molecule has 1 N–H and O–H groups in total. The molecular weight excluding hydrogens is 422 g/mol. The number of benzene rings is 1. The summed E-state index contributed by atoms with van der Waals surface area (Å²) in [6, 6.07) is 5.57. The molecule has 4 rings (SSSR count). The Balaban J connectivity index is 1.64. The van der Waals surface area contributed by atoms with Crippen molar-refractivity contribution in [2.24, 2.45) is 0 Å². The maximum atomic E-state index is 12.4. The molecule has 1 aromatic heterocycles. The van der Waals surface area contributed by atoms with Gasteiger partial charge in [0.25, 0.3) is 0 Å². The minimum Gasteiger partial charge on any atom is -0.447 e. The number of hydrogen-bond acceptors (Lipinski definition) is 7. The van der Waals surface area contributed by atoms with Gasteiger partial charge in [0.05, 0.1) is 25.4 Å². The molecular formula is C24H31N5O4. The lowest BCUT2D eigenvalue weighted by atomic mass is 9.89. The van der Waals surface area contributed by atoms with Gasteiger partial charge in [0.1, 0.15) is 0 Å². The van der Waals surface area contributed by atoms with E-state index in [1.54, 1.807) is 11.8 Å². The van der Waals surface area contributed by atoms with Crippen LogP contribution >= 0.6 is 0 Å². The minimum absolute atomic E-state index is 0.0297. The van der Waals surface area contributed by atoms with E-state index < -0.39 is 6.09 Å². The molecule has 33 heavy (non-hydrogen) atoms. The molecule has 0 radical (unpaired) electrons. The molecule has 2 atom stereocenters. The highest BCUT2D eigenvalue weighted by atomic mass is 16.6. The molecule has 9 heteroatoms. The predicted molar refractivity (Wildman–Crippen MR) is 125 cm³/mol. The zero-order valence-corrected chi connectivity index (χ0v) is 19.6. The van der Waals surface area contributed by atoms with Crippen LogP contribution in [0.4, 0.5) is 16.4 Å². The quantitative estimate of drug-likeness (QED) is 0.759. The zero-order valence-electron chi connectivity index (χ0n) is 19.6. The standard InChI is InChI=1S/C24H31N5O4/c1-15(2)33-24(31)27-21-11-16(3)29(17(4)30)22-6-5-18(12-20(21)22)19-13-25-23(26-14-19)28-7-9-32-10-8-28/h5-6,12-16,21H,7-11H2,1-4H3,(H,27,31). The maximum Gasteiger partial charge on any atom is 0.407 e. The van der Waals surface area contributed by atoms with E-state index in [0.717, 1.165) is 35.5 Å². The molecule has 2 aliphatic rings. The summed E-state index contributed by atoms with van der Waals surface area (Å²) < 4.78 is 10.7. The van der Waals surface area contributed by atoms with Gasteiger partial charge in [-0.25, -0.2) is 14.8 Å². The van der Waals surface area contributed by atoms with E-state index in [4.69, 9.17) is 9.47 Å². The number of aromatic nitrogens is 2. The lowest BCUT2D eigenvalue weighted by molar-refractivity contribution is -0.117. The van der Waals surface area contributed by atoms with E-state index in [2.05, 4.69) is 20.2 Å². The van der Waals surface area contributed by atoms with Gasteiger partial charge in [0.2, 0.25) is 11.9 Å². The van der Waals surface area contributed by atoms with E-state index in [1.807, 2.05) is 51.4 Å². The van der Waals surface area contributed by atoms with Gasteiger partial charge >= 0.3 is 6.09 Å². The number of fused-ring (bicyclic) bond motifs is 1. The molecule has 2 unspecified atom stereocenters. The number of nitrogens with zero attached hydrogens (tertiary/aromatic N) is 4. The summed E-state index contributed by atoms with van der Waals surface area (Å²) >= 11 is 0. The van der Waals surface area contributed by atoms with Gasteiger partial charge in [0, 0.05) is 49.7 Å². The summed E-state index contributed by atoms with van der Waals surface area (Å²) in [4.78, 5) is 37.7. The molecule has 2 aliphatic heterocycles. The van der Waals surface area contributed by atoms with Crippen molar-refractivity contribution in [3.05, 3.63) is 36.2 Å². The fourth-order valence-corrected chi connectivity index (χ4v) is 4.45. The molecule has 9 nitrogen and oxygen atoms in total. The van der Waals surface area contributed by atoms with Gasteiger partial charge in [-0.2, -0.15) is 0 Å². The highest BCUT2D eigenvalue weighted by molar-refractivity contribution is 5.94. The SMILES string of the molecule is CC(=O)N1c2ccc(-c3cnc(N4CCOCC4)nc3)cc2C(NC(=O)OC(C)C)CC1C. The van der Waals surface area contributed by atoms with Crippen molar-refractivity contribution in [2.45, 2.75) is 52.3 Å². The third kappa shape index (κ3) is 5.08. The van der Waals surface area contributed by atoms with Gasteiger partial charge < -0.3 is 24.6 Å². The summed E-state index contributed by atoms with van der Waals surface area (Å²) in [5, 5.41) is 2.98. The molecule has 1 saturated heterocycles. The molecule has 1 fully saturated rings. The average Bonchev–Trinajstić information content (AvgIpc) is 2.79. The normalized spacial score (nSPS) is 20.4. The third-order valence-electron chi connectivity index (χ3n) is 5.92. The Hall–Kier alpha value is -3.20. The van der Waals surface area contributed by atoms with Crippen molar-refractivity contribution < 1.29 is 19.1 Å². The second-order valence-corrected chi connectivity index (χ2v) is 8.77. The highest BCUT2D eigenvalue weighted by Crippen LogP contribution is 2.39. The summed E-state index contributed by atoms with van der Waals surface area (Å²) in [5.74, 6) is 0.658. The number of morpholine rings is 1. The summed E-state index contributed by atoms with van der Waals surface area (Å²) in [6.45, 7) is 10.1. The largest absolute Gasteiger partial charge is 0.447 e. The molecule has 0 aliphatic carbocycles. The van der Waals surface area contributed by atoms with E-state index in [-0.39, 0.29) is 24.1 Å². The summed E-state index contributed by atoms with van der Waals surface area (Å²) in [6.07, 6.45) is 3.53. The third-order valence-corrected chi connectivity index (χ3v) is 5.92. The van der Waals surface area contributed by atoms with Gasteiger partial charge in [0.15, 0.2) is 0 Å². The van der Waals surface area contributed by atoms with E-state index in [0.29, 0.717) is 25.6 Å². The fourth-order valence-electron chi connectivity index (χ4n) is 4.45. The van der Waals surface area contributed by atoms with Crippen LogP contribution in [0.5, 0.6) is 0 Å². The average molecular weight is 454 g/mol. The van der Waals surface area contributed by atoms with Gasteiger partial charge in [-0.1, -0.05) is 6.07 Å². The van der Waals surface area contributed by atoms with Crippen molar-refractivity contribution in [1.82, 2.24) is 15.3 Å². The Labute approximate surface area is 194 Å². The Kier molecular flexibility index (Phi) is 6.78. The van der Waals surface area contributed by atoms with Crippen LogP contribution in [0, 0.1) is 0 Å². The number of hydrogen-bond donors (Lipinski definition) is 1. The number of carbonyl (C=O) groups excluding carboxylic acids is 2. The lowest BCUT2D eigenvalue weighted by Crippen LogP contribution is -2.45. The van der Waals surface area contributed by atoms with E-state index in [1.165, 1.54) is 0 Å². The number of carbonyl (C=O) groups is 2. The number of ether oxygens (including phenoxy) is 2. The van der Waals surface area contributed by atoms with Crippen LogP contribution in [0.25, 0.3) is 11.1 Å². The molecule has 176 valence electrons. The van der Waals surface area contributed by atoms with Crippen LogP contribution in [0.3, 0.4) is 0 Å². The van der Waals surface area contributed by atoms with Crippen LogP contribution < -0.4 is 15.1 Å². The monoisotopic (exact) mass is 453 g/mol. The van der Waals surface area contributed by atoms with Crippen molar-refractivity contribution >= 4 is 23.6 Å². The Bertz CT molecular complexity index is 1000. The van der Waals surface area contributed by atoms with Gasteiger partial charge in [-0.15, -0.1) is 0 Å². The van der Waals surface area contributed by atoms with Crippen LogP contribution in [0.2, 0.25) is 0 Å². The first-order valence-electron chi connectivity index (χ1n) is 11.4. The topological polar surface area (TPSA) is 96.9 Å². The van der Waals surface area contributed by atoms with Crippen molar-refractivity contribution in [3.63, 3.8) is 0 Å². The highest BCUT2D eigenvalue weighted by Gasteiger charge is 2.34. The Morgan fingerprint density at radius 1 is 1.15 bits per heavy atom. The van der Waals surface area contributed by atoms with Crippen LogP contribution in [0.1, 0.15) is 45.7 Å². The second-order valence-electron chi connectivity index (χ2n) is 8.77. The molecule has 2 aromatic rings. The molecule has 0 saturated carbocycles. The predicted octanol–water partition coefficient (Wildman–Crippen LogP) is 3.30. The zero-order chi connectivity index (χ0) is 23.5. The van der Waals surface area contributed by atoms with Gasteiger partial charge in [-0.3, -0.25) is 4.79 Å². The molecule has 1 aromatic carbocycles. The van der Waals surface area contributed by atoms with Crippen molar-refractivity contribution in [3.8, 4) is 11.1 Å². The first-order chi connectivity index (χ1) is 15.8. The molecule has 0 spiro atoms. The van der Waals surface area contributed by atoms with E-state index >= 15 is 0 Å². The summed E-state index contributed by atoms with van der Waals surface area (Å²) in [7, 11) is 0. The van der Waals surface area contributed by atoms with Crippen LogP contribution in [-0.4, -0.2) is 60.4 Å². The Morgan fingerprint density at radius 2 is 1.85 bits per heavy atom. The molecule has 3 heterocycles. The number of amides is 2. The summed E-state index contributed by atoms with van der Waals surface area (Å²) in [5.41, 5.74) is 3.46. The first-order valence-corrected chi connectivity index (χ1v) is 11.4. The number of anilines is 2. The number of alkyl carbamates (subject to hydrolysis) is 1. The first kappa shape index (κ1) is 23.0. The lowest BCUT2D eigenvalue weighted by Gasteiger charge is -2.39. The van der Waals surface area contributed by atoms with E-state index in [9.17, 15) is 9.59 Å².